The molecule has 0 bridgehead atoms. The van der Waals surface area contributed by atoms with E-state index in [2.05, 4.69) is 15.0 Å². The van der Waals surface area contributed by atoms with E-state index in [0.29, 0.717) is 6.61 Å². The average Bonchev–Trinajstić information content (AvgIpc) is 2.77. The number of carbonyl (C=O) groups is 1. The van der Waals surface area contributed by atoms with Crippen molar-refractivity contribution < 1.29 is 14.6 Å². The second-order valence-electron chi connectivity index (χ2n) is 4.79. The zero-order chi connectivity index (χ0) is 13.7. The van der Waals surface area contributed by atoms with Crippen LogP contribution in [0.4, 0.5) is 0 Å². The molecule has 7 nitrogen and oxygen atoms in total. The van der Waals surface area contributed by atoms with Crippen LogP contribution in [-0.4, -0.2) is 56.5 Å². The first-order valence-corrected chi connectivity index (χ1v) is 6.54. The SMILES string of the molecule is Cn1ncnc1CN1CCC(OCCC(=O)O)CC1. The fourth-order valence-electron chi connectivity index (χ4n) is 2.21. The number of carboxylic acids is 1. The largest absolute Gasteiger partial charge is 0.481 e. The van der Waals surface area contributed by atoms with Gasteiger partial charge < -0.3 is 9.84 Å². The molecule has 0 saturated carbocycles. The maximum Gasteiger partial charge on any atom is 0.305 e. The van der Waals surface area contributed by atoms with Gasteiger partial charge in [-0.25, -0.2) is 4.98 Å². The van der Waals surface area contributed by atoms with E-state index in [1.54, 1.807) is 11.0 Å². The summed E-state index contributed by atoms with van der Waals surface area (Å²) in [5.74, 6) is 0.157. The predicted molar refractivity (Wildman–Crippen MR) is 67.5 cm³/mol. The number of aryl methyl sites for hydroxylation is 1. The van der Waals surface area contributed by atoms with Gasteiger partial charge >= 0.3 is 5.97 Å². The first kappa shape index (κ1) is 14.0. The Balaban J connectivity index is 1.68. The minimum absolute atomic E-state index is 0.0825. The van der Waals surface area contributed by atoms with Gasteiger partial charge in [-0.15, -0.1) is 0 Å². The van der Waals surface area contributed by atoms with Gasteiger partial charge in [0.2, 0.25) is 0 Å². The maximum absolute atomic E-state index is 10.4. The number of rotatable bonds is 6. The van der Waals surface area contributed by atoms with Crippen LogP contribution in [0.1, 0.15) is 25.1 Å². The average molecular weight is 268 g/mol. The van der Waals surface area contributed by atoms with Gasteiger partial charge in [-0.1, -0.05) is 0 Å². The Hall–Kier alpha value is -1.47. The standard InChI is InChI=1S/C12H20N4O3/c1-15-11(13-9-14-15)8-16-5-2-10(3-6-16)19-7-4-12(17)18/h9-10H,2-8H2,1H3,(H,17,18). The van der Waals surface area contributed by atoms with E-state index in [1.165, 1.54) is 0 Å². The van der Waals surface area contributed by atoms with Crippen molar-refractivity contribution in [3.8, 4) is 0 Å². The highest BCUT2D eigenvalue weighted by atomic mass is 16.5. The lowest BCUT2D eigenvalue weighted by Gasteiger charge is -2.31. The molecule has 1 aromatic heterocycles. The first-order chi connectivity index (χ1) is 9.15. The second-order valence-corrected chi connectivity index (χ2v) is 4.79. The molecule has 19 heavy (non-hydrogen) atoms. The molecule has 1 aliphatic heterocycles. The quantitative estimate of drug-likeness (QED) is 0.797. The topological polar surface area (TPSA) is 80.5 Å². The number of hydrogen-bond acceptors (Lipinski definition) is 5. The van der Waals surface area contributed by atoms with Crippen molar-refractivity contribution in [2.24, 2.45) is 7.05 Å². The molecule has 2 heterocycles. The molecule has 1 N–H and O–H groups in total. The van der Waals surface area contributed by atoms with Crippen LogP contribution in [0.3, 0.4) is 0 Å². The number of nitrogens with zero attached hydrogens (tertiary/aromatic N) is 4. The summed E-state index contributed by atoms with van der Waals surface area (Å²) in [7, 11) is 1.89. The zero-order valence-electron chi connectivity index (χ0n) is 11.2. The summed E-state index contributed by atoms with van der Waals surface area (Å²) in [6, 6.07) is 0. The molecule has 1 fully saturated rings. The number of carboxylic acid groups (broad SMARTS) is 1. The van der Waals surface area contributed by atoms with Crippen LogP contribution >= 0.6 is 0 Å². The monoisotopic (exact) mass is 268 g/mol. The Labute approximate surface area is 112 Å². The molecule has 1 aliphatic rings. The van der Waals surface area contributed by atoms with Crippen molar-refractivity contribution in [2.45, 2.75) is 31.9 Å². The van der Waals surface area contributed by atoms with Crippen molar-refractivity contribution in [1.82, 2.24) is 19.7 Å². The second kappa shape index (κ2) is 6.63. The van der Waals surface area contributed by atoms with E-state index in [0.717, 1.165) is 38.3 Å². The van der Waals surface area contributed by atoms with Gasteiger partial charge in [0.25, 0.3) is 0 Å². The van der Waals surface area contributed by atoms with Crippen LogP contribution in [0.15, 0.2) is 6.33 Å². The van der Waals surface area contributed by atoms with Crippen LogP contribution in [0.2, 0.25) is 0 Å². The fourth-order valence-corrected chi connectivity index (χ4v) is 2.21. The Kier molecular flexibility index (Phi) is 4.86. The van der Waals surface area contributed by atoms with Crippen molar-refractivity contribution in [3.05, 3.63) is 12.2 Å². The Morgan fingerprint density at radius 2 is 2.26 bits per heavy atom. The third kappa shape index (κ3) is 4.29. The lowest BCUT2D eigenvalue weighted by molar-refractivity contribution is -0.138. The van der Waals surface area contributed by atoms with Gasteiger partial charge in [-0.05, 0) is 12.8 Å². The van der Waals surface area contributed by atoms with E-state index >= 15 is 0 Å². The van der Waals surface area contributed by atoms with Gasteiger partial charge in [-0.2, -0.15) is 5.10 Å². The summed E-state index contributed by atoms with van der Waals surface area (Å²) in [5, 5.41) is 12.6. The van der Waals surface area contributed by atoms with Crippen LogP contribution in [0.5, 0.6) is 0 Å². The number of aliphatic carboxylic acids is 1. The fraction of sp³-hybridized carbons (Fsp3) is 0.750. The molecule has 7 heteroatoms. The maximum atomic E-state index is 10.4. The van der Waals surface area contributed by atoms with Crippen LogP contribution < -0.4 is 0 Å². The molecular formula is C12H20N4O3. The van der Waals surface area contributed by atoms with E-state index in [1.807, 2.05) is 7.05 Å². The van der Waals surface area contributed by atoms with E-state index in [9.17, 15) is 4.79 Å². The normalized spacial score (nSPS) is 17.7. The third-order valence-corrected chi connectivity index (χ3v) is 3.37. The lowest BCUT2D eigenvalue weighted by Crippen LogP contribution is -2.37. The van der Waals surface area contributed by atoms with Gasteiger partial charge in [0, 0.05) is 20.1 Å². The van der Waals surface area contributed by atoms with Gasteiger partial charge in [0.1, 0.15) is 12.2 Å². The summed E-state index contributed by atoms with van der Waals surface area (Å²) < 4.78 is 7.35. The smallest absolute Gasteiger partial charge is 0.305 e. The number of aromatic nitrogens is 3. The number of hydrogen-bond donors (Lipinski definition) is 1. The lowest BCUT2D eigenvalue weighted by atomic mass is 10.1. The summed E-state index contributed by atoms with van der Waals surface area (Å²) in [6.07, 6.45) is 3.72. The van der Waals surface area contributed by atoms with Crippen molar-refractivity contribution in [1.29, 1.82) is 0 Å². The summed E-state index contributed by atoms with van der Waals surface area (Å²) in [4.78, 5) is 16.9. The highest BCUT2D eigenvalue weighted by molar-refractivity contribution is 5.66. The van der Waals surface area contributed by atoms with Crippen molar-refractivity contribution in [2.75, 3.05) is 19.7 Å². The first-order valence-electron chi connectivity index (χ1n) is 6.54. The Morgan fingerprint density at radius 1 is 1.53 bits per heavy atom. The zero-order valence-corrected chi connectivity index (χ0v) is 11.2. The number of ether oxygens (including phenoxy) is 1. The predicted octanol–water partition coefficient (Wildman–Crippen LogP) is 0.271. The highest BCUT2D eigenvalue weighted by Crippen LogP contribution is 2.15. The van der Waals surface area contributed by atoms with Gasteiger partial charge in [0.05, 0.1) is 25.7 Å². The minimum atomic E-state index is -0.806. The molecule has 0 spiro atoms. The van der Waals surface area contributed by atoms with Crippen LogP contribution in [-0.2, 0) is 23.1 Å². The molecular weight excluding hydrogens is 248 g/mol. The van der Waals surface area contributed by atoms with Gasteiger partial charge in [-0.3, -0.25) is 14.4 Å². The summed E-state index contributed by atoms with van der Waals surface area (Å²) >= 11 is 0. The third-order valence-electron chi connectivity index (χ3n) is 3.37. The van der Waals surface area contributed by atoms with E-state index < -0.39 is 5.97 Å². The highest BCUT2D eigenvalue weighted by Gasteiger charge is 2.20. The molecule has 1 saturated heterocycles. The summed E-state index contributed by atoms with van der Waals surface area (Å²) in [5.41, 5.74) is 0. The van der Waals surface area contributed by atoms with Gasteiger partial charge in [0.15, 0.2) is 0 Å². The molecule has 0 aromatic carbocycles. The number of likely N-dealkylation sites (tertiary alicyclic amines) is 1. The summed E-state index contributed by atoms with van der Waals surface area (Å²) in [6.45, 7) is 3.01. The molecule has 0 atom stereocenters. The molecule has 0 unspecified atom stereocenters. The molecule has 2 rings (SSSR count). The van der Waals surface area contributed by atoms with Crippen LogP contribution in [0, 0.1) is 0 Å². The molecule has 0 amide bonds. The molecule has 0 aliphatic carbocycles. The van der Waals surface area contributed by atoms with Crippen molar-refractivity contribution in [3.63, 3.8) is 0 Å². The molecule has 1 aromatic rings. The Bertz CT molecular complexity index is 413. The van der Waals surface area contributed by atoms with Crippen molar-refractivity contribution >= 4 is 5.97 Å². The minimum Gasteiger partial charge on any atom is -0.481 e. The van der Waals surface area contributed by atoms with E-state index in [4.69, 9.17) is 9.84 Å². The van der Waals surface area contributed by atoms with E-state index in [-0.39, 0.29) is 12.5 Å². The van der Waals surface area contributed by atoms with Crippen LogP contribution in [0.25, 0.3) is 0 Å². The molecule has 106 valence electrons. The molecule has 0 radical (unpaired) electrons. The Morgan fingerprint density at radius 3 is 2.84 bits per heavy atom. The number of piperidine rings is 1.